The SMILES string of the molecule is C/C(=C/NC1(COC#N)CCC(NCc2ccc(F)cc2F)CC1)C(N)=Nc1ccnc(F)c1. The van der Waals surface area contributed by atoms with E-state index in [0.717, 1.165) is 18.9 Å². The largest absolute Gasteiger partial charge is 0.425 e. The zero-order chi connectivity index (χ0) is 24.6. The number of rotatable bonds is 9. The predicted molar refractivity (Wildman–Crippen MR) is 122 cm³/mol. The average Bonchev–Trinajstić information content (AvgIpc) is 2.82. The molecule has 34 heavy (non-hydrogen) atoms. The highest BCUT2D eigenvalue weighted by molar-refractivity contribution is 5.97. The van der Waals surface area contributed by atoms with E-state index in [0.29, 0.717) is 36.2 Å². The second-order valence-electron chi connectivity index (χ2n) is 8.36. The van der Waals surface area contributed by atoms with Crippen LogP contribution in [0.1, 0.15) is 38.2 Å². The molecule has 1 aromatic carbocycles. The fourth-order valence-corrected chi connectivity index (χ4v) is 3.82. The number of nitrogens with two attached hydrogens (primary N) is 1. The lowest BCUT2D eigenvalue weighted by Crippen LogP contribution is -2.52. The number of hydrogen-bond donors (Lipinski definition) is 3. The number of nitriles is 1. The smallest absolute Gasteiger partial charge is 0.286 e. The maximum atomic E-state index is 13.9. The van der Waals surface area contributed by atoms with Crippen molar-refractivity contribution in [2.75, 3.05) is 6.61 Å². The molecule has 1 saturated carbocycles. The maximum absolute atomic E-state index is 13.9. The molecule has 180 valence electrons. The minimum atomic E-state index is -0.644. The Labute approximate surface area is 196 Å². The minimum absolute atomic E-state index is 0.139. The summed E-state index contributed by atoms with van der Waals surface area (Å²) in [6.07, 6.45) is 7.65. The van der Waals surface area contributed by atoms with Gasteiger partial charge in [0.25, 0.3) is 6.26 Å². The van der Waals surface area contributed by atoms with Crippen LogP contribution in [0.4, 0.5) is 18.9 Å². The highest BCUT2D eigenvalue weighted by atomic mass is 19.1. The van der Waals surface area contributed by atoms with E-state index < -0.39 is 23.1 Å². The van der Waals surface area contributed by atoms with Crippen molar-refractivity contribution < 1.29 is 17.9 Å². The first-order valence-corrected chi connectivity index (χ1v) is 10.9. The molecule has 1 fully saturated rings. The summed E-state index contributed by atoms with van der Waals surface area (Å²) in [6.45, 7) is 2.25. The zero-order valence-electron chi connectivity index (χ0n) is 18.8. The van der Waals surface area contributed by atoms with Gasteiger partial charge in [-0.05, 0) is 44.7 Å². The summed E-state index contributed by atoms with van der Waals surface area (Å²) in [5.74, 6) is -1.61. The number of halogens is 3. The molecule has 1 aliphatic rings. The van der Waals surface area contributed by atoms with Crippen LogP contribution in [0.25, 0.3) is 0 Å². The molecule has 0 radical (unpaired) electrons. The zero-order valence-corrected chi connectivity index (χ0v) is 18.8. The molecule has 2 aromatic rings. The Kier molecular flexibility index (Phi) is 8.49. The summed E-state index contributed by atoms with van der Waals surface area (Å²) in [4.78, 5) is 7.69. The third kappa shape index (κ3) is 6.96. The number of hydrogen-bond acceptors (Lipinski definition) is 6. The molecular formula is C24H27F3N6O. The topological polar surface area (TPSA) is 108 Å². The van der Waals surface area contributed by atoms with Crippen LogP contribution in [0.2, 0.25) is 0 Å². The van der Waals surface area contributed by atoms with Gasteiger partial charge in [-0.3, -0.25) is 0 Å². The van der Waals surface area contributed by atoms with Crippen LogP contribution in [0.3, 0.4) is 0 Å². The van der Waals surface area contributed by atoms with Crippen molar-refractivity contribution in [3.05, 3.63) is 71.4 Å². The molecule has 0 spiro atoms. The third-order valence-corrected chi connectivity index (χ3v) is 5.91. The second-order valence-corrected chi connectivity index (χ2v) is 8.36. The van der Waals surface area contributed by atoms with E-state index in [-0.39, 0.29) is 18.5 Å². The molecule has 1 heterocycles. The predicted octanol–water partition coefficient (Wildman–Crippen LogP) is 3.95. The van der Waals surface area contributed by atoms with Crippen molar-refractivity contribution in [2.24, 2.45) is 10.7 Å². The van der Waals surface area contributed by atoms with Crippen molar-refractivity contribution in [1.29, 1.82) is 5.26 Å². The van der Waals surface area contributed by atoms with E-state index in [9.17, 15) is 13.2 Å². The molecule has 4 N–H and O–H groups in total. The number of benzene rings is 1. The van der Waals surface area contributed by atoms with E-state index in [1.165, 1.54) is 24.4 Å². The number of aromatic nitrogens is 1. The molecule has 10 heteroatoms. The van der Waals surface area contributed by atoms with Crippen molar-refractivity contribution in [3.63, 3.8) is 0 Å². The summed E-state index contributed by atoms with van der Waals surface area (Å²) < 4.78 is 45.3. The van der Waals surface area contributed by atoms with Gasteiger partial charge in [-0.2, -0.15) is 9.65 Å². The van der Waals surface area contributed by atoms with Gasteiger partial charge < -0.3 is 21.1 Å². The quantitative estimate of drug-likeness (QED) is 0.221. The first kappa shape index (κ1) is 25.1. The fraction of sp³-hybridized carbons (Fsp3) is 0.375. The summed E-state index contributed by atoms with van der Waals surface area (Å²) >= 11 is 0. The molecule has 0 atom stereocenters. The minimum Gasteiger partial charge on any atom is -0.425 e. The van der Waals surface area contributed by atoms with E-state index in [1.807, 2.05) is 0 Å². The Morgan fingerprint density at radius 2 is 2.06 bits per heavy atom. The number of aliphatic imine (C=N–C) groups is 1. The number of ether oxygens (including phenoxy) is 1. The number of pyridine rings is 1. The third-order valence-electron chi connectivity index (χ3n) is 5.91. The Morgan fingerprint density at radius 1 is 1.29 bits per heavy atom. The van der Waals surface area contributed by atoms with Gasteiger partial charge in [-0.15, -0.1) is 0 Å². The van der Waals surface area contributed by atoms with E-state index in [2.05, 4.69) is 20.6 Å². The molecule has 0 saturated heterocycles. The second kappa shape index (κ2) is 11.5. The van der Waals surface area contributed by atoms with Gasteiger partial charge in [0, 0.05) is 48.3 Å². The van der Waals surface area contributed by atoms with Crippen LogP contribution in [-0.4, -0.2) is 29.0 Å². The maximum Gasteiger partial charge on any atom is 0.286 e. The van der Waals surface area contributed by atoms with Crippen LogP contribution in [0.5, 0.6) is 0 Å². The fourth-order valence-electron chi connectivity index (χ4n) is 3.82. The average molecular weight is 473 g/mol. The van der Waals surface area contributed by atoms with E-state index in [1.54, 1.807) is 25.4 Å². The lowest BCUT2D eigenvalue weighted by molar-refractivity contribution is 0.116. The van der Waals surface area contributed by atoms with Crippen LogP contribution in [0.15, 0.2) is 53.3 Å². The normalized spacial score (nSPS) is 21.1. The Balaban J connectivity index is 1.61. The molecule has 3 rings (SSSR count). The molecule has 0 unspecified atom stereocenters. The van der Waals surface area contributed by atoms with Crippen molar-refractivity contribution in [1.82, 2.24) is 15.6 Å². The number of nitrogens with zero attached hydrogens (tertiary/aromatic N) is 3. The monoisotopic (exact) mass is 472 g/mol. The Bertz CT molecular complexity index is 1090. The van der Waals surface area contributed by atoms with Crippen LogP contribution in [0, 0.1) is 29.1 Å². The number of nitrogens with one attached hydrogen (secondary N) is 2. The van der Waals surface area contributed by atoms with Gasteiger partial charge in [0.1, 0.15) is 24.1 Å². The van der Waals surface area contributed by atoms with Crippen molar-refractivity contribution in [3.8, 4) is 6.26 Å². The molecule has 0 amide bonds. The summed E-state index contributed by atoms with van der Waals surface area (Å²) in [7, 11) is 0. The standard InChI is InChI=1S/C24H27F3N6O/c1-16(23(29)33-20-6-9-30-22(27)11-20)12-32-24(14-34-15-28)7-4-19(5-8-24)31-13-17-2-3-18(25)10-21(17)26/h2-3,6,9-12,19,31-32H,4-5,7-8,13-14H2,1H3,(H2,29,30,33)/b16-12-. The van der Waals surface area contributed by atoms with Gasteiger partial charge in [0.05, 0.1) is 11.2 Å². The summed E-state index contributed by atoms with van der Waals surface area (Å²) in [6, 6.07) is 6.42. The van der Waals surface area contributed by atoms with Crippen LogP contribution < -0.4 is 16.4 Å². The molecule has 1 aromatic heterocycles. The Hall–Kier alpha value is -3.58. The van der Waals surface area contributed by atoms with Gasteiger partial charge in [-0.25, -0.2) is 18.8 Å². The van der Waals surface area contributed by atoms with Gasteiger partial charge in [0.15, 0.2) is 0 Å². The lowest BCUT2D eigenvalue weighted by Gasteiger charge is -2.40. The highest BCUT2D eigenvalue weighted by Crippen LogP contribution is 2.29. The molecule has 7 nitrogen and oxygen atoms in total. The first-order chi connectivity index (χ1) is 16.3. The molecule has 1 aliphatic carbocycles. The highest BCUT2D eigenvalue weighted by Gasteiger charge is 2.35. The van der Waals surface area contributed by atoms with E-state index >= 15 is 0 Å². The number of amidine groups is 1. The van der Waals surface area contributed by atoms with Crippen molar-refractivity contribution in [2.45, 2.75) is 50.7 Å². The van der Waals surface area contributed by atoms with Crippen LogP contribution in [-0.2, 0) is 11.3 Å². The summed E-state index contributed by atoms with van der Waals surface area (Å²) in [5, 5.41) is 15.6. The molecular weight excluding hydrogens is 445 g/mol. The first-order valence-electron chi connectivity index (χ1n) is 10.9. The lowest BCUT2D eigenvalue weighted by atomic mass is 9.79. The Morgan fingerprint density at radius 3 is 2.74 bits per heavy atom. The van der Waals surface area contributed by atoms with Gasteiger partial charge >= 0.3 is 0 Å². The van der Waals surface area contributed by atoms with Gasteiger partial charge in [-0.1, -0.05) is 6.07 Å². The van der Waals surface area contributed by atoms with E-state index in [4.69, 9.17) is 15.7 Å². The molecule has 0 bridgehead atoms. The van der Waals surface area contributed by atoms with Crippen LogP contribution >= 0.6 is 0 Å². The summed E-state index contributed by atoms with van der Waals surface area (Å²) in [5.41, 5.74) is 6.96. The molecule has 0 aliphatic heterocycles. The van der Waals surface area contributed by atoms with Crippen molar-refractivity contribution >= 4 is 11.5 Å². The van der Waals surface area contributed by atoms with Gasteiger partial charge in [0.2, 0.25) is 5.95 Å².